The number of rotatable bonds is 5. The molecule has 2 N–H and O–H groups in total. The predicted octanol–water partition coefficient (Wildman–Crippen LogP) is 0.0634. The molecule has 0 unspecified atom stereocenters. The molecule has 1 aromatic rings. The normalized spacial score (nSPS) is 14.3. The number of piperazine rings is 1. The number of hydrogen-bond acceptors (Lipinski definition) is 5. The van der Waals surface area contributed by atoms with Crippen LogP contribution in [0.15, 0.2) is 16.8 Å². The average molecular weight is 380 g/mol. The summed E-state index contributed by atoms with van der Waals surface area (Å²) in [6, 6.07) is 1.63. The van der Waals surface area contributed by atoms with E-state index < -0.39 is 11.8 Å². The van der Waals surface area contributed by atoms with E-state index in [4.69, 9.17) is 0 Å². The molecule has 2 heterocycles. The molecule has 2 rings (SSSR count). The van der Waals surface area contributed by atoms with E-state index in [0.717, 1.165) is 0 Å². The first-order valence-electron chi connectivity index (χ1n) is 8.56. The van der Waals surface area contributed by atoms with Crippen LogP contribution < -0.4 is 10.6 Å². The van der Waals surface area contributed by atoms with E-state index in [2.05, 4.69) is 10.6 Å². The molecule has 0 saturated carbocycles. The Labute approximate surface area is 156 Å². The molecule has 0 atom stereocenters. The molecule has 1 saturated heterocycles. The molecule has 1 fully saturated rings. The standard InChI is InChI=1S/C17H24N4O4S/c1-12(2)19-16(24)17(25)21-8-6-20(7-9-21)14(22)3-5-18-15(23)13-4-10-26-11-13/h4,10-12H,3,5-9H2,1-2H3,(H,18,23)(H,19,24). The molecule has 9 heteroatoms. The molecule has 8 nitrogen and oxygen atoms in total. The third-order valence-corrected chi connectivity index (χ3v) is 4.62. The molecule has 0 radical (unpaired) electrons. The maximum absolute atomic E-state index is 12.2. The Balaban J connectivity index is 1.70. The summed E-state index contributed by atoms with van der Waals surface area (Å²) in [5.74, 6) is -1.44. The van der Waals surface area contributed by atoms with Crippen molar-refractivity contribution in [3.05, 3.63) is 22.4 Å². The van der Waals surface area contributed by atoms with Crippen LogP contribution in [0.25, 0.3) is 0 Å². The lowest BCUT2D eigenvalue weighted by Crippen LogP contribution is -2.54. The van der Waals surface area contributed by atoms with Gasteiger partial charge in [-0.25, -0.2) is 0 Å². The first kappa shape index (κ1) is 19.9. The number of carbonyl (C=O) groups excluding carboxylic acids is 4. The smallest absolute Gasteiger partial charge is 0.312 e. The number of nitrogens with zero attached hydrogens (tertiary/aromatic N) is 2. The molecule has 0 aromatic carbocycles. The summed E-state index contributed by atoms with van der Waals surface area (Å²) in [5, 5.41) is 8.87. The quantitative estimate of drug-likeness (QED) is 0.706. The highest BCUT2D eigenvalue weighted by Gasteiger charge is 2.27. The molecule has 1 aliphatic rings. The van der Waals surface area contributed by atoms with Crippen LogP contribution in [-0.4, -0.2) is 72.2 Å². The Morgan fingerprint density at radius 3 is 2.35 bits per heavy atom. The van der Waals surface area contributed by atoms with Crippen molar-refractivity contribution in [3.8, 4) is 0 Å². The second-order valence-electron chi connectivity index (χ2n) is 6.32. The van der Waals surface area contributed by atoms with Crippen molar-refractivity contribution in [1.82, 2.24) is 20.4 Å². The van der Waals surface area contributed by atoms with Crippen molar-refractivity contribution in [2.24, 2.45) is 0 Å². The minimum absolute atomic E-state index is 0.0747. The van der Waals surface area contributed by atoms with Gasteiger partial charge in [0.25, 0.3) is 5.91 Å². The van der Waals surface area contributed by atoms with Crippen LogP contribution in [0.4, 0.5) is 0 Å². The molecule has 0 aliphatic carbocycles. The summed E-state index contributed by atoms with van der Waals surface area (Å²) in [4.78, 5) is 50.9. The van der Waals surface area contributed by atoms with E-state index >= 15 is 0 Å². The summed E-state index contributed by atoms with van der Waals surface area (Å²) >= 11 is 1.44. The minimum atomic E-state index is -0.615. The van der Waals surface area contributed by atoms with Crippen LogP contribution in [0.2, 0.25) is 0 Å². The highest BCUT2D eigenvalue weighted by Crippen LogP contribution is 2.06. The Kier molecular flexibility index (Phi) is 7.14. The molecular weight excluding hydrogens is 356 g/mol. The fourth-order valence-electron chi connectivity index (χ4n) is 2.56. The van der Waals surface area contributed by atoms with Crippen molar-refractivity contribution >= 4 is 35.0 Å². The Morgan fingerprint density at radius 1 is 1.12 bits per heavy atom. The third kappa shape index (κ3) is 5.55. The molecule has 0 bridgehead atoms. The maximum Gasteiger partial charge on any atom is 0.312 e. The van der Waals surface area contributed by atoms with E-state index in [1.54, 1.807) is 30.2 Å². The largest absolute Gasteiger partial charge is 0.351 e. The van der Waals surface area contributed by atoms with Crippen LogP contribution in [0.5, 0.6) is 0 Å². The highest BCUT2D eigenvalue weighted by atomic mass is 32.1. The maximum atomic E-state index is 12.2. The minimum Gasteiger partial charge on any atom is -0.351 e. The molecule has 1 aliphatic heterocycles. The van der Waals surface area contributed by atoms with Gasteiger partial charge in [0.2, 0.25) is 5.91 Å². The van der Waals surface area contributed by atoms with Gasteiger partial charge in [0, 0.05) is 56.1 Å². The zero-order valence-electron chi connectivity index (χ0n) is 15.0. The van der Waals surface area contributed by atoms with Gasteiger partial charge in [-0.3, -0.25) is 19.2 Å². The van der Waals surface area contributed by atoms with Crippen molar-refractivity contribution in [1.29, 1.82) is 0 Å². The number of amides is 4. The summed E-state index contributed by atoms with van der Waals surface area (Å²) < 4.78 is 0. The first-order chi connectivity index (χ1) is 12.4. The number of carbonyl (C=O) groups is 4. The molecular formula is C17H24N4O4S. The predicted molar refractivity (Wildman–Crippen MR) is 97.7 cm³/mol. The monoisotopic (exact) mass is 380 g/mol. The zero-order valence-corrected chi connectivity index (χ0v) is 15.8. The van der Waals surface area contributed by atoms with Crippen LogP contribution in [0.3, 0.4) is 0 Å². The van der Waals surface area contributed by atoms with Gasteiger partial charge in [-0.05, 0) is 25.3 Å². The lowest BCUT2D eigenvalue weighted by atomic mass is 10.2. The molecule has 0 spiro atoms. The van der Waals surface area contributed by atoms with E-state index in [1.165, 1.54) is 16.2 Å². The molecule has 1 aromatic heterocycles. The lowest BCUT2D eigenvalue weighted by molar-refractivity contribution is -0.148. The second kappa shape index (κ2) is 9.33. The van der Waals surface area contributed by atoms with E-state index in [1.807, 2.05) is 5.38 Å². The van der Waals surface area contributed by atoms with Gasteiger partial charge in [0.15, 0.2) is 0 Å². The van der Waals surface area contributed by atoms with Gasteiger partial charge in [-0.15, -0.1) is 0 Å². The lowest BCUT2D eigenvalue weighted by Gasteiger charge is -2.34. The zero-order chi connectivity index (χ0) is 19.1. The summed E-state index contributed by atoms with van der Waals surface area (Å²) in [7, 11) is 0. The van der Waals surface area contributed by atoms with Crippen molar-refractivity contribution in [3.63, 3.8) is 0 Å². The number of nitrogens with one attached hydrogen (secondary N) is 2. The topological polar surface area (TPSA) is 98.8 Å². The van der Waals surface area contributed by atoms with Crippen LogP contribution in [0.1, 0.15) is 30.6 Å². The third-order valence-electron chi connectivity index (χ3n) is 3.94. The van der Waals surface area contributed by atoms with E-state index in [0.29, 0.717) is 31.7 Å². The van der Waals surface area contributed by atoms with Gasteiger partial charge < -0.3 is 20.4 Å². The SMILES string of the molecule is CC(C)NC(=O)C(=O)N1CCN(C(=O)CCNC(=O)c2ccsc2)CC1. The summed E-state index contributed by atoms with van der Waals surface area (Å²) in [6.45, 7) is 5.28. The fourth-order valence-corrected chi connectivity index (χ4v) is 3.20. The molecule has 4 amide bonds. The second-order valence-corrected chi connectivity index (χ2v) is 7.10. The van der Waals surface area contributed by atoms with Crippen molar-refractivity contribution < 1.29 is 19.2 Å². The van der Waals surface area contributed by atoms with Crippen LogP contribution in [-0.2, 0) is 14.4 Å². The van der Waals surface area contributed by atoms with E-state index in [-0.39, 0.29) is 30.8 Å². The first-order valence-corrected chi connectivity index (χ1v) is 9.50. The van der Waals surface area contributed by atoms with Crippen LogP contribution >= 0.6 is 11.3 Å². The van der Waals surface area contributed by atoms with Gasteiger partial charge in [-0.2, -0.15) is 11.3 Å². The Morgan fingerprint density at radius 2 is 1.77 bits per heavy atom. The molecule has 26 heavy (non-hydrogen) atoms. The number of thiophene rings is 1. The average Bonchev–Trinajstić information content (AvgIpc) is 3.15. The van der Waals surface area contributed by atoms with Crippen molar-refractivity contribution in [2.75, 3.05) is 32.7 Å². The van der Waals surface area contributed by atoms with E-state index in [9.17, 15) is 19.2 Å². The van der Waals surface area contributed by atoms with Crippen LogP contribution in [0, 0.1) is 0 Å². The van der Waals surface area contributed by atoms with Gasteiger partial charge in [-0.1, -0.05) is 0 Å². The Bertz CT molecular complexity index is 652. The van der Waals surface area contributed by atoms with Crippen molar-refractivity contribution in [2.45, 2.75) is 26.3 Å². The highest BCUT2D eigenvalue weighted by molar-refractivity contribution is 7.08. The van der Waals surface area contributed by atoms with Gasteiger partial charge >= 0.3 is 11.8 Å². The van der Waals surface area contributed by atoms with Gasteiger partial charge in [0.05, 0.1) is 0 Å². The molecule has 142 valence electrons. The van der Waals surface area contributed by atoms with Gasteiger partial charge in [0.1, 0.15) is 0 Å². The summed E-state index contributed by atoms with van der Waals surface area (Å²) in [6.07, 6.45) is 0.206. The summed E-state index contributed by atoms with van der Waals surface area (Å²) in [5.41, 5.74) is 0.592. The fraction of sp³-hybridized carbons (Fsp3) is 0.529. The number of hydrogen-bond donors (Lipinski definition) is 2. The Hall–Kier alpha value is -2.42.